The highest BCUT2D eigenvalue weighted by atomic mass is 16.2. The molecule has 1 aliphatic heterocycles. The number of carbonyl (C=O) groups is 2. The molecule has 19 heavy (non-hydrogen) atoms. The van der Waals surface area contributed by atoms with Crippen LogP contribution in [-0.4, -0.2) is 38.0 Å². The van der Waals surface area contributed by atoms with E-state index < -0.39 is 6.04 Å². The summed E-state index contributed by atoms with van der Waals surface area (Å²) >= 11 is 0. The minimum Gasteiger partial charge on any atom is -0.316 e. The zero-order chi connectivity index (χ0) is 14.2. The molecule has 0 bridgehead atoms. The van der Waals surface area contributed by atoms with Gasteiger partial charge in [0.25, 0.3) is 5.91 Å². The first-order chi connectivity index (χ1) is 8.90. The number of benzene rings is 1. The average Bonchev–Trinajstić information content (AvgIpc) is 2.63. The van der Waals surface area contributed by atoms with Gasteiger partial charge in [-0.25, -0.2) is 5.01 Å². The Kier molecular flexibility index (Phi) is 3.55. The molecule has 0 saturated heterocycles. The minimum atomic E-state index is -0.742. The molecule has 0 saturated carbocycles. The van der Waals surface area contributed by atoms with Gasteiger partial charge in [-0.3, -0.25) is 15.0 Å². The van der Waals surface area contributed by atoms with E-state index in [0.717, 1.165) is 11.3 Å². The Labute approximate surface area is 112 Å². The lowest BCUT2D eigenvalue weighted by molar-refractivity contribution is -0.126. The largest absolute Gasteiger partial charge is 0.316 e. The van der Waals surface area contributed by atoms with Gasteiger partial charge in [-0.1, -0.05) is 12.1 Å². The van der Waals surface area contributed by atoms with Crippen LogP contribution in [0.4, 0.5) is 5.69 Å². The summed E-state index contributed by atoms with van der Waals surface area (Å²) in [4.78, 5) is 25.0. The van der Waals surface area contributed by atoms with Crippen LogP contribution in [0.25, 0.3) is 0 Å². The van der Waals surface area contributed by atoms with Crippen LogP contribution >= 0.6 is 0 Å². The predicted molar refractivity (Wildman–Crippen MR) is 72.3 cm³/mol. The highest BCUT2D eigenvalue weighted by Gasteiger charge is 2.25. The number of carbonyl (C=O) groups excluding carboxylic acids is 2. The van der Waals surface area contributed by atoms with Gasteiger partial charge in [0.2, 0.25) is 5.91 Å². The molecule has 1 unspecified atom stereocenters. The summed E-state index contributed by atoms with van der Waals surface area (Å²) in [5.74, 6) is -0.221. The summed E-state index contributed by atoms with van der Waals surface area (Å²) in [6.07, 6.45) is 0.363. The van der Waals surface area contributed by atoms with Gasteiger partial charge in [0.1, 0.15) is 6.04 Å². The highest BCUT2D eigenvalue weighted by Crippen LogP contribution is 2.29. The molecule has 1 heterocycles. The van der Waals surface area contributed by atoms with Crippen LogP contribution in [-0.2, 0) is 16.0 Å². The fourth-order valence-electron chi connectivity index (χ4n) is 2.12. The number of fused-ring (bicyclic) bond motifs is 1. The number of amides is 2. The highest BCUT2D eigenvalue weighted by molar-refractivity contribution is 6.01. The van der Waals surface area contributed by atoms with Gasteiger partial charge < -0.3 is 10.6 Å². The molecule has 1 aromatic rings. The van der Waals surface area contributed by atoms with Gasteiger partial charge in [0.05, 0.1) is 6.42 Å². The summed E-state index contributed by atoms with van der Waals surface area (Å²) in [6, 6.07) is 4.71. The molecule has 6 nitrogen and oxygen atoms in total. The van der Waals surface area contributed by atoms with E-state index in [-0.39, 0.29) is 11.8 Å². The number of rotatable bonds is 3. The Balaban J connectivity index is 2.22. The molecular formula is C13H18N4O2. The zero-order valence-electron chi connectivity index (χ0n) is 11.3. The van der Waals surface area contributed by atoms with Gasteiger partial charge in [0.15, 0.2) is 0 Å². The van der Waals surface area contributed by atoms with E-state index in [0.29, 0.717) is 12.0 Å². The van der Waals surface area contributed by atoms with Crippen molar-refractivity contribution in [1.29, 1.82) is 0 Å². The lowest BCUT2D eigenvalue weighted by Crippen LogP contribution is -2.42. The van der Waals surface area contributed by atoms with Crippen molar-refractivity contribution in [2.24, 2.45) is 5.73 Å². The van der Waals surface area contributed by atoms with E-state index in [9.17, 15) is 9.59 Å². The van der Waals surface area contributed by atoms with Gasteiger partial charge in [-0.05, 0) is 17.2 Å². The van der Waals surface area contributed by atoms with Crippen LogP contribution in [0.3, 0.4) is 0 Å². The van der Waals surface area contributed by atoms with E-state index in [1.165, 1.54) is 0 Å². The maximum Gasteiger partial charge on any atom is 0.255 e. The number of likely N-dealkylation sites (N-methyl/N-ethyl adjacent to an activating group) is 1. The number of hydrazine groups is 1. The second kappa shape index (κ2) is 4.99. The van der Waals surface area contributed by atoms with E-state index in [2.05, 4.69) is 5.43 Å². The van der Waals surface area contributed by atoms with Crippen LogP contribution in [0.2, 0.25) is 0 Å². The van der Waals surface area contributed by atoms with Crippen molar-refractivity contribution in [2.75, 3.05) is 26.0 Å². The standard InChI is InChI=1S/C13H18N4O2/c1-16(2)15-13(19)12(14)8-4-5-10-9(6-8)7-11(18)17(10)3/h4-6,12H,7,14H2,1-3H3,(H,15,19). The first-order valence-corrected chi connectivity index (χ1v) is 6.03. The van der Waals surface area contributed by atoms with Crippen molar-refractivity contribution < 1.29 is 9.59 Å². The van der Waals surface area contributed by atoms with E-state index in [1.807, 2.05) is 12.1 Å². The topological polar surface area (TPSA) is 78.7 Å². The lowest BCUT2D eigenvalue weighted by Gasteiger charge is -2.17. The summed E-state index contributed by atoms with van der Waals surface area (Å²) in [6.45, 7) is 0. The molecule has 102 valence electrons. The summed E-state index contributed by atoms with van der Waals surface area (Å²) in [5, 5.41) is 1.55. The molecule has 2 rings (SSSR count). The normalized spacial score (nSPS) is 15.6. The maximum absolute atomic E-state index is 11.8. The number of hydrogen-bond acceptors (Lipinski definition) is 4. The fraction of sp³-hybridized carbons (Fsp3) is 0.385. The predicted octanol–water partition coefficient (Wildman–Crippen LogP) is -0.202. The number of nitrogens with zero attached hydrogens (tertiary/aromatic N) is 2. The van der Waals surface area contributed by atoms with Crippen LogP contribution in [0.5, 0.6) is 0 Å². The Morgan fingerprint density at radius 3 is 2.79 bits per heavy atom. The van der Waals surface area contributed by atoms with Crippen molar-refractivity contribution in [1.82, 2.24) is 10.4 Å². The van der Waals surface area contributed by atoms with Gasteiger partial charge in [-0.15, -0.1) is 0 Å². The zero-order valence-corrected chi connectivity index (χ0v) is 11.3. The molecule has 1 aliphatic rings. The summed E-state index contributed by atoms with van der Waals surface area (Å²) < 4.78 is 0. The van der Waals surface area contributed by atoms with Gasteiger partial charge in [0, 0.05) is 26.8 Å². The number of nitrogens with two attached hydrogens (primary N) is 1. The number of anilines is 1. The molecule has 1 aromatic carbocycles. The van der Waals surface area contributed by atoms with Crippen molar-refractivity contribution in [3.8, 4) is 0 Å². The monoisotopic (exact) mass is 262 g/mol. The van der Waals surface area contributed by atoms with Crippen molar-refractivity contribution >= 4 is 17.5 Å². The Bertz CT molecular complexity index is 527. The first kappa shape index (κ1) is 13.5. The molecule has 0 fully saturated rings. The lowest BCUT2D eigenvalue weighted by atomic mass is 10.0. The molecule has 0 spiro atoms. The first-order valence-electron chi connectivity index (χ1n) is 6.03. The number of nitrogens with one attached hydrogen (secondary N) is 1. The van der Waals surface area contributed by atoms with Crippen molar-refractivity contribution in [3.05, 3.63) is 29.3 Å². The molecule has 0 aliphatic carbocycles. The third-order valence-electron chi connectivity index (χ3n) is 3.16. The Hall–Kier alpha value is -1.92. The molecule has 0 radical (unpaired) electrons. The van der Waals surface area contributed by atoms with E-state index in [1.54, 1.807) is 37.1 Å². The molecule has 6 heteroatoms. The van der Waals surface area contributed by atoms with E-state index in [4.69, 9.17) is 5.73 Å². The SMILES string of the molecule is CN(C)NC(=O)C(N)c1ccc2c(c1)CC(=O)N2C. The van der Waals surface area contributed by atoms with Crippen LogP contribution in [0.15, 0.2) is 18.2 Å². The smallest absolute Gasteiger partial charge is 0.255 e. The summed E-state index contributed by atoms with van der Waals surface area (Å²) in [7, 11) is 5.19. The Morgan fingerprint density at radius 1 is 1.47 bits per heavy atom. The van der Waals surface area contributed by atoms with Crippen LogP contribution in [0.1, 0.15) is 17.2 Å². The van der Waals surface area contributed by atoms with E-state index >= 15 is 0 Å². The van der Waals surface area contributed by atoms with Crippen molar-refractivity contribution in [2.45, 2.75) is 12.5 Å². The Morgan fingerprint density at radius 2 is 2.16 bits per heavy atom. The molecular weight excluding hydrogens is 244 g/mol. The summed E-state index contributed by atoms with van der Waals surface area (Å²) in [5.41, 5.74) is 11.0. The van der Waals surface area contributed by atoms with Crippen molar-refractivity contribution in [3.63, 3.8) is 0 Å². The van der Waals surface area contributed by atoms with Gasteiger partial charge in [-0.2, -0.15) is 0 Å². The van der Waals surface area contributed by atoms with Crippen LogP contribution in [0, 0.1) is 0 Å². The fourth-order valence-corrected chi connectivity index (χ4v) is 2.12. The van der Waals surface area contributed by atoms with Gasteiger partial charge >= 0.3 is 0 Å². The quantitative estimate of drug-likeness (QED) is 0.739. The second-order valence-corrected chi connectivity index (χ2v) is 4.87. The van der Waals surface area contributed by atoms with Crippen LogP contribution < -0.4 is 16.1 Å². The maximum atomic E-state index is 11.8. The molecule has 2 amide bonds. The second-order valence-electron chi connectivity index (χ2n) is 4.87. The molecule has 1 atom stereocenters. The minimum absolute atomic E-state index is 0.0541. The third-order valence-corrected chi connectivity index (χ3v) is 3.16. The third kappa shape index (κ3) is 2.59. The molecule has 0 aromatic heterocycles. The average molecular weight is 262 g/mol. The number of hydrogen-bond donors (Lipinski definition) is 2. The molecule has 3 N–H and O–H groups in total.